The number of aromatic nitrogens is 2. The number of hydrogen-bond donors (Lipinski definition) is 0. The summed E-state index contributed by atoms with van der Waals surface area (Å²) in [5, 5.41) is 3.95. The Morgan fingerprint density at radius 1 is 1.42 bits per heavy atom. The number of nitrogens with zero attached hydrogens (tertiary/aromatic N) is 2. The van der Waals surface area contributed by atoms with Gasteiger partial charge in [-0.25, -0.2) is 0 Å². The molecular formula is C13H17F3N2O. The van der Waals surface area contributed by atoms with Gasteiger partial charge in [0.05, 0.1) is 5.92 Å². The third-order valence-electron chi connectivity index (χ3n) is 3.79. The molecule has 0 spiro atoms. The highest BCUT2D eigenvalue weighted by atomic mass is 19.4. The van der Waals surface area contributed by atoms with Crippen molar-refractivity contribution in [1.82, 2.24) is 9.78 Å². The third-order valence-corrected chi connectivity index (χ3v) is 3.79. The molecule has 1 fully saturated rings. The molecular weight excluding hydrogens is 257 g/mol. The van der Waals surface area contributed by atoms with Crippen LogP contribution in [-0.4, -0.2) is 21.7 Å². The number of rotatable bonds is 3. The SMILES string of the molecule is CCn1nccc1C(=O)C1CCCCC1C(F)(F)F. The van der Waals surface area contributed by atoms with Crippen LogP contribution in [0.3, 0.4) is 0 Å². The molecule has 1 aromatic heterocycles. The van der Waals surface area contributed by atoms with Gasteiger partial charge in [0.1, 0.15) is 5.69 Å². The van der Waals surface area contributed by atoms with Crippen molar-refractivity contribution in [3.05, 3.63) is 18.0 Å². The van der Waals surface area contributed by atoms with Crippen molar-refractivity contribution in [3.8, 4) is 0 Å². The zero-order chi connectivity index (χ0) is 14.0. The number of ketones is 1. The zero-order valence-corrected chi connectivity index (χ0v) is 10.8. The minimum absolute atomic E-state index is 0.0557. The van der Waals surface area contributed by atoms with Gasteiger partial charge in [-0.15, -0.1) is 0 Å². The van der Waals surface area contributed by atoms with E-state index in [0.29, 0.717) is 31.5 Å². The summed E-state index contributed by atoms with van der Waals surface area (Å²) in [6.07, 6.45) is -1.23. The number of carbonyl (C=O) groups is 1. The van der Waals surface area contributed by atoms with Crippen molar-refractivity contribution in [2.75, 3.05) is 0 Å². The maximum absolute atomic E-state index is 13.0. The Balaban J connectivity index is 2.25. The Morgan fingerprint density at radius 2 is 2.11 bits per heavy atom. The van der Waals surface area contributed by atoms with Gasteiger partial charge in [0, 0.05) is 18.7 Å². The Kier molecular flexibility index (Phi) is 3.96. The fourth-order valence-corrected chi connectivity index (χ4v) is 2.82. The lowest BCUT2D eigenvalue weighted by molar-refractivity contribution is -0.191. The van der Waals surface area contributed by atoms with Crippen LogP contribution >= 0.6 is 0 Å². The summed E-state index contributed by atoms with van der Waals surface area (Å²) < 4.78 is 40.5. The summed E-state index contributed by atoms with van der Waals surface area (Å²) >= 11 is 0. The summed E-state index contributed by atoms with van der Waals surface area (Å²) in [5.74, 6) is -2.87. The Hall–Kier alpha value is -1.33. The molecule has 0 aromatic carbocycles. The first-order valence-electron chi connectivity index (χ1n) is 6.58. The zero-order valence-electron chi connectivity index (χ0n) is 10.8. The first kappa shape index (κ1) is 14.1. The van der Waals surface area contributed by atoms with Gasteiger partial charge >= 0.3 is 6.18 Å². The monoisotopic (exact) mass is 274 g/mol. The number of Topliss-reactive ketones (excluding diaryl/α,β-unsaturated/α-hetero) is 1. The van der Waals surface area contributed by atoms with Crippen LogP contribution in [-0.2, 0) is 6.54 Å². The minimum Gasteiger partial charge on any atom is -0.292 e. The molecule has 0 radical (unpaired) electrons. The number of carbonyl (C=O) groups excluding carboxylic acids is 1. The molecule has 1 aromatic rings. The van der Waals surface area contributed by atoms with E-state index in [1.807, 2.05) is 6.92 Å². The molecule has 1 aliphatic rings. The summed E-state index contributed by atoms with van der Waals surface area (Å²) in [7, 11) is 0. The molecule has 0 aliphatic heterocycles. The third kappa shape index (κ3) is 2.82. The van der Waals surface area contributed by atoms with Crippen molar-refractivity contribution in [1.29, 1.82) is 0 Å². The molecule has 2 unspecified atom stereocenters. The lowest BCUT2D eigenvalue weighted by atomic mass is 9.76. The number of hydrogen-bond acceptors (Lipinski definition) is 2. The fourth-order valence-electron chi connectivity index (χ4n) is 2.82. The van der Waals surface area contributed by atoms with Crippen LogP contribution in [0.2, 0.25) is 0 Å². The summed E-state index contributed by atoms with van der Waals surface area (Å²) in [6, 6.07) is 1.51. The highest BCUT2D eigenvalue weighted by Gasteiger charge is 2.48. The molecule has 2 atom stereocenters. The van der Waals surface area contributed by atoms with Crippen LogP contribution in [0, 0.1) is 11.8 Å². The van der Waals surface area contributed by atoms with Gasteiger partial charge in [0.2, 0.25) is 0 Å². The molecule has 0 amide bonds. The van der Waals surface area contributed by atoms with Gasteiger partial charge in [-0.05, 0) is 25.8 Å². The van der Waals surface area contributed by atoms with E-state index in [1.54, 1.807) is 0 Å². The summed E-state index contributed by atoms with van der Waals surface area (Å²) in [6.45, 7) is 2.30. The van der Waals surface area contributed by atoms with Crippen molar-refractivity contribution >= 4 is 5.78 Å². The van der Waals surface area contributed by atoms with Gasteiger partial charge < -0.3 is 0 Å². The molecule has 106 valence electrons. The molecule has 1 heterocycles. The molecule has 2 rings (SSSR count). The lowest BCUT2D eigenvalue weighted by Crippen LogP contribution is -2.38. The standard InChI is InChI=1S/C13H17F3N2O/c1-2-18-11(7-8-17-18)12(19)9-5-3-4-6-10(9)13(14,15)16/h7-10H,2-6H2,1H3. The van der Waals surface area contributed by atoms with Crippen LogP contribution in [0.15, 0.2) is 12.3 Å². The van der Waals surface area contributed by atoms with Gasteiger partial charge in [0.15, 0.2) is 5.78 Å². The van der Waals surface area contributed by atoms with E-state index in [0.717, 1.165) is 0 Å². The van der Waals surface area contributed by atoms with E-state index in [9.17, 15) is 18.0 Å². The maximum atomic E-state index is 13.0. The maximum Gasteiger partial charge on any atom is 0.392 e. The van der Waals surface area contributed by atoms with Gasteiger partial charge in [-0.2, -0.15) is 18.3 Å². The van der Waals surface area contributed by atoms with Crippen LogP contribution in [0.5, 0.6) is 0 Å². The Morgan fingerprint density at radius 3 is 2.74 bits per heavy atom. The molecule has 1 aliphatic carbocycles. The van der Waals surface area contributed by atoms with E-state index < -0.39 is 23.8 Å². The van der Waals surface area contributed by atoms with Crippen molar-refractivity contribution < 1.29 is 18.0 Å². The number of aryl methyl sites for hydroxylation is 1. The highest BCUT2D eigenvalue weighted by molar-refractivity contribution is 5.96. The van der Waals surface area contributed by atoms with E-state index in [2.05, 4.69) is 5.10 Å². The van der Waals surface area contributed by atoms with Crippen LogP contribution in [0.25, 0.3) is 0 Å². The van der Waals surface area contributed by atoms with Crippen molar-refractivity contribution in [3.63, 3.8) is 0 Å². The predicted molar refractivity (Wildman–Crippen MR) is 63.7 cm³/mol. The van der Waals surface area contributed by atoms with Gasteiger partial charge in [0.25, 0.3) is 0 Å². The van der Waals surface area contributed by atoms with E-state index in [4.69, 9.17) is 0 Å². The van der Waals surface area contributed by atoms with E-state index >= 15 is 0 Å². The second kappa shape index (κ2) is 5.35. The van der Waals surface area contributed by atoms with E-state index in [-0.39, 0.29) is 6.42 Å². The molecule has 19 heavy (non-hydrogen) atoms. The summed E-state index contributed by atoms with van der Waals surface area (Å²) in [4.78, 5) is 12.3. The molecule has 0 bridgehead atoms. The second-order valence-corrected chi connectivity index (χ2v) is 4.94. The lowest BCUT2D eigenvalue weighted by Gasteiger charge is -2.31. The molecule has 0 saturated heterocycles. The van der Waals surface area contributed by atoms with Crippen LogP contribution < -0.4 is 0 Å². The van der Waals surface area contributed by atoms with E-state index in [1.165, 1.54) is 16.9 Å². The Bertz CT molecular complexity index is 453. The normalized spacial score (nSPS) is 24.4. The average Bonchev–Trinajstić information content (AvgIpc) is 2.85. The van der Waals surface area contributed by atoms with Crippen molar-refractivity contribution in [2.24, 2.45) is 11.8 Å². The average molecular weight is 274 g/mol. The fraction of sp³-hybridized carbons (Fsp3) is 0.692. The molecule has 1 saturated carbocycles. The minimum atomic E-state index is -4.29. The quantitative estimate of drug-likeness (QED) is 0.791. The molecule has 6 heteroatoms. The van der Waals surface area contributed by atoms with Gasteiger partial charge in [-0.3, -0.25) is 9.48 Å². The molecule has 3 nitrogen and oxygen atoms in total. The Labute approximate surface area is 109 Å². The van der Waals surface area contributed by atoms with Crippen LogP contribution in [0.1, 0.15) is 43.1 Å². The first-order valence-corrected chi connectivity index (χ1v) is 6.58. The smallest absolute Gasteiger partial charge is 0.292 e. The highest BCUT2D eigenvalue weighted by Crippen LogP contribution is 2.42. The molecule has 0 N–H and O–H groups in total. The van der Waals surface area contributed by atoms with Crippen LogP contribution in [0.4, 0.5) is 13.2 Å². The van der Waals surface area contributed by atoms with Crippen molar-refractivity contribution in [2.45, 2.75) is 45.3 Å². The van der Waals surface area contributed by atoms with Gasteiger partial charge in [-0.1, -0.05) is 12.8 Å². The second-order valence-electron chi connectivity index (χ2n) is 4.94. The number of alkyl halides is 3. The predicted octanol–water partition coefficient (Wildman–Crippen LogP) is 3.45. The topological polar surface area (TPSA) is 34.9 Å². The summed E-state index contributed by atoms with van der Waals surface area (Å²) in [5.41, 5.74) is 0.295. The first-order chi connectivity index (χ1) is 8.95. The number of halogens is 3. The largest absolute Gasteiger partial charge is 0.392 e.